The van der Waals surface area contributed by atoms with E-state index in [1.54, 1.807) is 12.1 Å². The highest BCUT2D eigenvalue weighted by Crippen LogP contribution is 2.26. The van der Waals surface area contributed by atoms with Crippen LogP contribution in [0.2, 0.25) is 5.15 Å². The summed E-state index contributed by atoms with van der Waals surface area (Å²) in [6.07, 6.45) is 1.39. The zero-order valence-electron chi connectivity index (χ0n) is 10.7. The normalized spacial score (nSPS) is 10.7. The Morgan fingerprint density at radius 3 is 2.95 bits per heavy atom. The molecule has 1 aromatic carbocycles. The molecule has 0 spiro atoms. The number of rotatable bonds is 4. The van der Waals surface area contributed by atoms with Crippen molar-refractivity contribution in [3.63, 3.8) is 0 Å². The molecule has 7 heteroatoms. The Labute approximate surface area is 119 Å². The molecule has 0 aliphatic heterocycles. The van der Waals surface area contributed by atoms with Crippen molar-refractivity contribution in [1.29, 1.82) is 0 Å². The molecule has 0 aliphatic rings. The van der Waals surface area contributed by atoms with Gasteiger partial charge in [-0.15, -0.1) is 0 Å². The van der Waals surface area contributed by atoms with Crippen molar-refractivity contribution in [3.05, 3.63) is 41.8 Å². The fraction of sp³-hybridized carbons (Fsp3) is 0.154. The Bertz CT molecular complexity index is 744. The van der Waals surface area contributed by atoms with Crippen LogP contribution in [0, 0.1) is 0 Å². The van der Waals surface area contributed by atoms with Gasteiger partial charge in [0.15, 0.2) is 0 Å². The highest BCUT2D eigenvalue weighted by molar-refractivity contribution is 6.29. The van der Waals surface area contributed by atoms with Crippen molar-refractivity contribution < 1.29 is 9.47 Å². The van der Waals surface area contributed by atoms with Crippen LogP contribution in [0.1, 0.15) is 6.92 Å². The van der Waals surface area contributed by atoms with E-state index in [4.69, 9.17) is 21.1 Å². The Morgan fingerprint density at radius 1 is 1.25 bits per heavy atom. The summed E-state index contributed by atoms with van der Waals surface area (Å²) in [4.78, 5) is 8.02. The fourth-order valence-corrected chi connectivity index (χ4v) is 1.91. The first-order chi connectivity index (χ1) is 9.76. The molecule has 3 rings (SSSR count). The third-order valence-electron chi connectivity index (χ3n) is 2.53. The van der Waals surface area contributed by atoms with Gasteiger partial charge in [-0.1, -0.05) is 17.7 Å². The molecule has 20 heavy (non-hydrogen) atoms. The van der Waals surface area contributed by atoms with Crippen LogP contribution in [0.5, 0.6) is 17.4 Å². The third-order valence-corrected chi connectivity index (χ3v) is 2.72. The van der Waals surface area contributed by atoms with Gasteiger partial charge in [-0.25, -0.2) is 0 Å². The number of fused-ring (bicyclic) bond motifs is 1. The molecule has 0 aliphatic carbocycles. The topological polar surface area (TPSA) is 61.5 Å². The van der Waals surface area contributed by atoms with Gasteiger partial charge < -0.3 is 9.47 Å². The van der Waals surface area contributed by atoms with E-state index in [2.05, 4.69) is 15.1 Å². The first-order valence-electron chi connectivity index (χ1n) is 6.03. The van der Waals surface area contributed by atoms with E-state index in [1.807, 2.05) is 25.1 Å². The van der Waals surface area contributed by atoms with Gasteiger partial charge in [0, 0.05) is 12.1 Å². The van der Waals surface area contributed by atoms with Crippen LogP contribution in [0.3, 0.4) is 0 Å². The number of hydrogen-bond donors (Lipinski definition) is 0. The predicted octanol–water partition coefficient (Wildman–Crippen LogP) is 2.97. The predicted molar refractivity (Wildman–Crippen MR) is 73.5 cm³/mol. The Hall–Kier alpha value is -2.34. The summed E-state index contributed by atoms with van der Waals surface area (Å²) in [5, 5.41) is 4.34. The molecule has 0 atom stereocenters. The van der Waals surface area contributed by atoms with E-state index in [0.717, 1.165) is 5.75 Å². The van der Waals surface area contributed by atoms with Crippen molar-refractivity contribution >= 4 is 17.4 Å². The maximum absolute atomic E-state index is 5.93. The lowest BCUT2D eigenvalue weighted by Gasteiger charge is -2.09. The quantitative estimate of drug-likeness (QED) is 0.691. The zero-order chi connectivity index (χ0) is 13.9. The number of halogens is 1. The van der Waals surface area contributed by atoms with Gasteiger partial charge in [0.2, 0.25) is 5.88 Å². The minimum absolute atomic E-state index is 0.293. The smallest absolute Gasteiger partial charge is 0.256 e. The average Bonchev–Trinajstić information content (AvgIpc) is 2.87. The van der Waals surface area contributed by atoms with Crippen LogP contribution in [0.15, 0.2) is 36.7 Å². The van der Waals surface area contributed by atoms with Crippen molar-refractivity contribution in [2.45, 2.75) is 6.92 Å². The van der Waals surface area contributed by atoms with Crippen molar-refractivity contribution in [2.75, 3.05) is 6.61 Å². The van der Waals surface area contributed by atoms with Gasteiger partial charge in [0.1, 0.15) is 23.0 Å². The number of aromatic nitrogens is 4. The Morgan fingerprint density at radius 2 is 2.10 bits per heavy atom. The lowest BCUT2D eigenvalue weighted by molar-refractivity contribution is 0.337. The van der Waals surface area contributed by atoms with E-state index < -0.39 is 0 Å². The molecule has 3 aromatic rings. The molecule has 2 heterocycles. The molecular weight excluding hydrogens is 280 g/mol. The average molecular weight is 291 g/mol. The summed E-state index contributed by atoms with van der Waals surface area (Å²) in [5.74, 6) is 2.18. The largest absolute Gasteiger partial charge is 0.494 e. The Kier molecular flexibility index (Phi) is 3.39. The monoisotopic (exact) mass is 290 g/mol. The summed E-state index contributed by atoms with van der Waals surface area (Å²) in [6, 6.07) is 8.90. The first-order valence-corrected chi connectivity index (χ1v) is 6.41. The van der Waals surface area contributed by atoms with Gasteiger partial charge in [-0.3, -0.25) is 0 Å². The second kappa shape index (κ2) is 5.34. The van der Waals surface area contributed by atoms with E-state index in [1.165, 1.54) is 10.8 Å². The van der Waals surface area contributed by atoms with Gasteiger partial charge >= 0.3 is 0 Å². The van der Waals surface area contributed by atoms with E-state index in [-0.39, 0.29) is 0 Å². The highest BCUT2D eigenvalue weighted by Gasteiger charge is 2.09. The molecule has 0 fully saturated rings. The van der Waals surface area contributed by atoms with Crippen LogP contribution < -0.4 is 9.47 Å². The van der Waals surface area contributed by atoms with Crippen LogP contribution in [0.4, 0.5) is 0 Å². The van der Waals surface area contributed by atoms with Crippen LogP contribution in [0.25, 0.3) is 5.78 Å². The number of benzene rings is 1. The minimum atomic E-state index is 0.293. The molecule has 0 radical (unpaired) electrons. The van der Waals surface area contributed by atoms with Gasteiger partial charge in [-0.2, -0.15) is 19.6 Å². The summed E-state index contributed by atoms with van der Waals surface area (Å²) in [5.41, 5.74) is 0. The standard InChI is InChI=1S/C13H11ClN4O2/c1-2-19-9-4-3-5-10(6-9)20-12-7-11(14)17-13-15-8-16-18(12)13/h3-8H,2H2,1H3. The van der Waals surface area contributed by atoms with Crippen LogP contribution in [-0.4, -0.2) is 26.2 Å². The summed E-state index contributed by atoms with van der Waals surface area (Å²) < 4.78 is 12.7. The molecule has 0 unspecified atom stereocenters. The molecule has 0 saturated heterocycles. The zero-order valence-corrected chi connectivity index (χ0v) is 11.4. The van der Waals surface area contributed by atoms with Crippen LogP contribution >= 0.6 is 11.6 Å². The first kappa shape index (κ1) is 12.7. The van der Waals surface area contributed by atoms with E-state index in [9.17, 15) is 0 Å². The molecule has 2 aromatic heterocycles. The molecule has 0 amide bonds. The molecular formula is C13H11ClN4O2. The van der Waals surface area contributed by atoms with Gasteiger partial charge in [0.05, 0.1) is 6.61 Å². The SMILES string of the molecule is CCOc1cccc(Oc2cc(Cl)nc3ncnn23)c1. The molecule has 0 saturated carbocycles. The lowest BCUT2D eigenvalue weighted by Crippen LogP contribution is -1.98. The maximum Gasteiger partial charge on any atom is 0.256 e. The molecule has 6 nitrogen and oxygen atoms in total. The summed E-state index contributed by atoms with van der Waals surface area (Å²) in [7, 11) is 0. The van der Waals surface area contributed by atoms with Gasteiger partial charge in [0.25, 0.3) is 5.78 Å². The molecule has 102 valence electrons. The number of nitrogens with zero attached hydrogens (tertiary/aromatic N) is 4. The van der Waals surface area contributed by atoms with Crippen molar-refractivity contribution in [2.24, 2.45) is 0 Å². The van der Waals surface area contributed by atoms with Crippen LogP contribution in [-0.2, 0) is 0 Å². The summed E-state index contributed by atoms with van der Waals surface area (Å²) >= 11 is 5.93. The van der Waals surface area contributed by atoms with E-state index in [0.29, 0.717) is 29.2 Å². The number of ether oxygens (including phenoxy) is 2. The maximum atomic E-state index is 5.93. The third kappa shape index (κ3) is 2.50. The second-order valence-electron chi connectivity index (χ2n) is 3.90. The Balaban J connectivity index is 1.96. The minimum Gasteiger partial charge on any atom is -0.494 e. The number of hydrogen-bond acceptors (Lipinski definition) is 5. The van der Waals surface area contributed by atoms with Crippen molar-refractivity contribution in [3.8, 4) is 17.4 Å². The lowest BCUT2D eigenvalue weighted by atomic mass is 10.3. The fourth-order valence-electron chi connectivity index (χ4n) is 1.75. The highest BCUT2D eigenvalue weighted by atomic mass is 35.5. The molecule has 0 N–H and O–H groups in total. The van der Waals surface area contributed by atoms with Gasteiger partial charge in [-0.05, 0) is 19.1 Å². The second-order valence-corrected chi connectivity index (χ2v) is 4.29. The van der Waals surface area contributed by atoms with Crippen molar-refractivity contribution in [1.82, 2.24) is 19.6 Å². The van der Waals surface area contributed by atoms with E-state index >= 15 is 0 Å². The molecule has 0 bridgehead atoms. The summed E-state index contributed by atoms with van der Waals surface area (Å²) in [6.45, 7) is 2.52.